The third-order valence-corrected chi connectivity index (χ3v) is 2.33. The van der Waals surface area contributed by atoms with Crippen LogP contribution in [0.15, 0.2) is 0 Å². The Bertz CT molecular complexity index is 191. The number of nitrogens with one attached hydrogen (secondary N) is 2. The van der Waals surface area contributed by atoms with Crippen LogP contribution in [0.2, 0.25) is 0 Å². The number of rotatable bonds is 6. The summed E-state index contributed by atoms with van der Waals surface area (Å²) < 4.78 is 0. The zero-order chi connectivity index (χ0) is 10.6. The Morgan fingerprint density at radius 3 is 2.64 bits per heavy atom. The van der Waals surface area contributed by atoms with Crippen molar-refractivity contribution in [2.75, 3.05) is 6.54 Å². The molecule has 0 aromatic heterocycles. The highest BCUT2D eigenvalue weighted by Crippen LogP contribution is 2.18. The minimum absolute atomic E-state index is 0.0677. The monoisotopic (exact) mass is 200 g/mol. The summed E-state index contributed by atoms with van der Waals surface area (Å²) in [6.45, 7) is 4.27. The van der Waals surface area contributed by atoms with Crippen molar-refractivity contribution in [1.82, 2.24) is 10.6 Å². The number of aliphatic hydroxyl groups excluding tert-OH is 1. The molecule has 1 saturated carbocycles. The van der Waals surface area contributed by atoms with Crippen molar-refractivity contribution >= 4 is 5.91 Å². The first-order valence-corrected chi connectivity index (χ1v) is 5.31. The lowest BCUT2D eigenvalue weighted by Gasteiger charge is -2.14. The fourth-order valence-corrected chi connectivity index (χ4v) is 1.16. The average Bonchev–Trinajstić information content (AvgIpc) is 2.87. The second-order valence-electron chi connectivity index (χ2n) is 4.10. The molecular formula is C10H20N2O2. The van der Waals surface area contributed by atoms with Crippen LogP contribution in [0.1, 0.15) is 33.1 Å². The van der Waals surface area contributed by atoms with Crippen LogP contribution in [-0.4, -0.2) is 35.7 Å². The minimum atomic E-state index is -0.304. The van der Waals surface area contributed by atoms with E-state index >= 15 is 0 Å². The van der Waals surface area contributed by atoms with Crippen LogP contribution in [0, 0.1) is 0 Å². The highest BCUT2D eigenvalue weighted by atomic mass is 16.3. The first kappa shape index (κ1) is 11.5. The Morgan fingerprint density at radius 1 is 1.50 bits per heavy atom. The van der Waals surface area contributed by atoms with Crippen LogP contribution in [-0.2, 0) is 4.79 Å². The van der Waals surface area contributed by atoms with Gasteiger partial charge in [-0.15, -0.1) is 0 Å². The third kappa shape index (κ3) is 4.58. The van der Waals surface area contributed by atoms with Crippen LogP contribution in [0.4, 0.5) is 0 Å². The second kappa shape index (κ2) is 5.32. The predicted octanol–water partition coefficient (Wildman–Crippen LogP) is 0.0140. The fraction of sp³-hybridized carbons (Fsp3) is 0.900. The lowest BCUT2D eigenvalue weighted by Crippen LogP contribution is -2.43. The third-order valence-electron chi connectivity index (χ3n) is 2.33. The lowest BCUT2D eigenvalue weighted by atomic mass is 10.2. The normalized spacial score (nSPS) is 20.2. The Labute approximate surface area is 85.1 Å². The van der Waals surface area contributed by atoms with Crippen LogP contribution in [0.3, 0.4) is 0 Å². The van der Waals surface area contributed by atoms with Gasteiger partial charge in [-0.1, -0.05) is 0 Å². The summed E-state index contributed by atoms with van der Waals surface area (Å²) in [7, 11) is 0. The van der Waals surface area contributed by atoms with E-state index in [1.807, 2.05) is 6.92 Å². The number of carbonyl (C=O) groups excluding carboxylic acids is 1. The molecule has 3 N–H and O–H groups in total. The van der Waals surface area contributed by atoms with Crippen molar-refractivity contribution in [3.05, 3.63) is 0 Å². The molecule has 1 aliphatic rings. The van der Waals surface area contributed by atoms with Gasteiger partial charge in [0.2, 0.25) is 5.91 Å². The van der Waals surface area contributed by atoms with E-state index in [1.54, 1.807) is 6.92 Å². The molecule has 0 bridgehead atoms. The van der Waals surface area contributed by atoms with E-state index in [4.69, 9.17) is 5.11 Å². The van der Waals surface area contributed by atoms with Gasteiger partial charge < -0.3 is 15.7 Å². The molecule has 1 aliphatic carbocycles. The van der Waals surface area contributed by atoms with Crippen molar-refractivity contribution in [3.8, 4) is 0 Å². The van der Waals surface area contributed by atoms with Gasteiger partial charge in [0.05, 0.1) is 12.1 Å². The predicted molar refractivity (Wildman–Crippen MR) is 54.9 cm³/mol. The van der Waals surface area contributed by atoms with Crippen LogP contribution in [0.5, 0.6) is 0 Å². The van der Waals surface area contributed by atoms with Crippen molar-refractivity contribution in [3.63, 3.8) is 0 Å². The van der Waals surface area contributed by atoms with E-state index in [9.17, 15) is 4.79 Å². The van der Waals surface area contributed by atoms with Gasteiger partial charge in [-0.25, -0.2) is 0 Å². The molecule has 1 fully saturated rings. The quantitative estimate of drug-likeness (QED) is 0.566. The number of carbonyl (C=O) groups is 1. The van der Waals surface area contributed by atoms with E-state index in [-0.39, 0.29) is 18.1 Å². The van der Waals surface area contributed by atoms with Gasteiger partial charge in [0.25, 0.3) is 0 Å². The molecule has 0 aromatic carbocycles. The summed E-state index contributed by atoms with van der Waals surface area (Å²) in [5, 5.41) is 15.0. The molecular weight excluding hydrogens is 180 g/mol. The number of aliphatic hydroxyl groups is 1. The van der Waals surface area contributed by atoms with Crippen molar-refractivity contribution in [2.45, 2.75) is 51.3 Å². The number of hydrogen-bond donors (Lipinski definition) is 3. The van der Waals surface area contributed by atoms with Gasteiger partial charge in [0.1, 0.15) is 0 Å². The molecule has 4 nitrogen and oxygen atoms in total. The van der Waals surface area contributed by atoms with E-state index in [1.165, 1.54) is 0 Å². The second-order valence-corrected chi connectivity index (χ2v) is 4.10. The Hall–Kier alpha value is -0.610. The maximum atomic E-state index is 11.4. The van der Waals surface area contributed by atoms with Crippen molar-refractivity contribution < 1.29 is 9.90 Å². The number of hydrogen-bond acceptors (Lipinski definition) is 3. The molecule has 0 aliphatic heterocycles. The van der Waals surface area contributed by atoms with Crippen LogP contribution < -0.4 is 10.6 Å². The zero-order valence-electron chi connectivity index (χ0n) is 8.92. The fourth-order valence-electron chi connectivity index (χ4n) is 1.16. The standard InChI is InChI=1S/C10H20N2O2/c1-7(13)5-6-11-8(2)10(14)12-9-3-4-9/h7-9,11,13H,3-6H2,1-2H3,(H,12,14). The summed E-state index contributed by atoms with van der Waals surface area (Å²) in [5.41, 5.74) is 0. The lowest BCUT2D eigenvalue weighted by molar-refractivity contribution is -0.122. The maximum absolute atomic E-state index is 11.4. The van der Waals surface area contributed by atoms with Gasteiger partial charge in [-0.3, -0.25) is 4.79 Å². The zero-order valence-corrected chi connectivity index (χ0v) is 8.92. The molecule has 2 unspecified atom stereocenters. The number of amides is 1. The molecule has 1 rings (SSSR count). The molecule has 0 radical (unpaired) electrons. The summed E-state index contributed by atoms with van der Waals surface area (Å²) >= 11 is 0. The molecule has 4 heteroatoms. The molecule has 82 valence electrons. The summed E-state index contributed by atoms with van der Waals surface area (Å²) in [6.07, 6.45) is 2.61. The highest BCUT2D eigenvalue weighted by molar-refractivity contribution is 5.81. The summed E-state index contributed by atoms with van der Waals surface area (Å²) in [5.74, 6) is 0.0677. The Morgan fingerprint density at radius 2 is 2.14 bits per heavy atom. The molecule has 0 spiro atoms. The van der Waals surface area contributed by atoms with Gasteiger partial charge >= 0.3 is 0 Å². The average molecular weight is 200 g/mol. The molecule has 14 heavy (non-hydrogen) atoms. The Balaban J connectivity index is 2.06. The van der Waals surface area contributed by atoms with Gasteiger partial charge in [-0.2, -0.15) is 0 Å². The highest BCUT2D eigenvalue weighted by Gasteiger charge is 2.25. The smallest absolute Gasteiger partial charge is 0.237 e. The minimum Gasteiger partial charge on any atom is -0.393 e. The molecule has 1 amide bonds. The van der Waals surface area contributed by atoms with Crippen LogP contribution in [0.25, 0.3) is 0 Å². The van der Waals surface area contributed by atoms with Crippen molar-refractivity contribution in [2.24, 2.45) is 0 Å². The first-order valence-electron chi connectivity index (χ1n) is 5.31. The maximum Gasteiger partial charge on any atom is 0.237 e. The van der Waals surface area contributed by atoms with Gasteiger partial charge in [0, 0.05) is 6.04 Å². The molecule has 2 atom stereocenters. The topological polar surface area (TPSA) is 61.4 Å². The Kier molecular flexibility index (Phi) is 4.35. The molecule has 0 heterocycles. The summed E-state index contributed by atoms with van der Waals surface area (Å²) in [6, 6.07) is 0.262. The van der Waals surface area contributed by atoms with Gasteiger partial charge in [-0.05, 0) is 39.7 Å². The van der Waals surface area contributed by atoms with Crippen molar-refractivity contribution in [1.29, 1.82) is 0 Å². The SMILES string of the molecule is CC(O)CCNC(C)C(=O)NC1CC1. The van der Waals surface area contributed by atoms with E-state index in [0.29, 0.717) is 19.0 Å². The first-order chi connectivity index (χ1) is 6.59. The van der Waals surface area contributed by atoms with E-state index in [0.717, 1.165) is 12.8 Å². The van der Waals surface area contributed by atoms with Gasteiger partial charge in [0.15, 0.2) is 0 Å². The summed E-state index contributed by atoms with van der Waals surface area (Å²) in [4.78, 5) is 11.4. The largest absolute Gasteiger partial charge is 0.393 e. The molecule has 0 aromatic rings. The molecule has 0 saturated heterocycles. The van der Waals surface area contributed by atoms with E-state index in [2.05, 4.69) is 10.6 Å². The van der Waals surface area contributed by atoms with E-state index < -0.39 is 0 Å². The van der Waals surface area contributed by atoms with Crippen LogP contribution >= 0.6 is 0 Å².